The third kappa shape index (κ3) is 6.17. The van der Waals surface area contributed by atoms with Crippen LogP contribution in [-0.2, 0) is 15.7 Å². The van der Waals surface area contributed by atoms with Gasteiger partial charge in [0.15, 0.2) is 0 Å². The van der Waals surface area contributed by atoms with Crippen molar-refractivity contribution < 1.29 is 37.3 Å². The number of carboxylic acid groups (broad SMARTS) is 1. The summed E-state index contributed by atoms with van der Waals surface area (Å²) in [6.07, 6.45) is -2.34. The van der Waals surface area contributed by atoms with E-state index in [2.05, 4.69) is 0 Å². The maximum Gasteiger partial charge on any atom is 0.416 e. The van der Waals surface area contributed by atoms with Gasteiger partial charge in [-0.25, -0.2) is 4.79 Å². The van der Waals surface area contributed by atoms with Crippen molar-refractivity contribution in [1.82, 2.24) is 0 Å². The highest BCUT2D eigenvalue weighted by Crippen LogP contribution is 2.38. The van der Waals surface area contributed by atoms with Crippen LogP contribution in [0.15, 0.2) is 42.5 Å². The molecule has 5 nitrogen and oxygen atoms in total. The summed E-state index contributed by atoms with van der Waals surface area (Å²) in [5.74, 6) is -0.621. The van der Waals surface area contributed by atoms with Crippen LogP contribution in [0.5, 0.6) is 17.2 Å². The van der Waals surface area contributed by atoms with Crippen molar-refractivity contribution >= 4 is 23.6 Å². The first-order valence-electron chi connectivity index (χ1n) is 7.92. The number of aliphatic carboxylic acids is 1. The molecule has 0 bridgehead atoms. The lowest BCUT2D eigenvalue weighted by molar-refractivity contribution is -0.137. The summed E-state index contributed by atoms with van der Waals surface area (Å²) in [5, 5.41) is 8.57. The van der Waals surface area contributed by atoms with Crippen molar-refractivity contribution in [3.8, 4) is 17.2 Å². The van der Waals surface area contributed by atoms with Gasteiger partial charge in [0, 0.05) is 24.8 Å². The van der Waals surface area contributed by atoms with Crippen LogP contribution in [0.4, 0.5) is 13.2 Å². The van der Waals surface area contributed by atoms with E-state index in [-0.39, 0.29) is 23.1 Å². The minimum Gasteiger partial charge on any atom is -0.491 e. The van der Waals surface area contributed by atoms with Crippen LogP contribution in [-0.4, -0.2) is 31.4 Å². The van der Waals surface area contributed by atoms with Crippen molar-refractivity contribution in [2.24, 2.45) is 0 Å². The number of hydrogen-bond acceptors (Lipinski definition) is 4. The van der Waals surface area contributed by atoms with Gasteiger partial charge in [-0.15, -0.1) is 0 Å². The Morgan fingerprint density at radius 1 is 1.14 bits per heavy atom. The summed E-state index contributed by atoms with van der Waals surface area (Å²) in [4.78, 5) is 10.8. The lowest BCUT2D eigenvalue weighted by Gasteiger charge is -2.14. The molecule has 1 N–H and O–H groups in total. The highest BCUT2D eigenvalue weighted by atomic mass is 35.5. The lowest BCUT2D eigenvalue weighted by Crippen LogP contribution is -2.05. The zero-order chi connectivity index (χ0) is 20.7. The van der Waals surface area contributed by atoms with E-state index in [1.807, 2.05) is 0 Å². The predicted octanol–water partition coefficient (Wildman–Crippen LogP) is 5.27. The molecule has 0 heterocycles. The Bertz CT molecular complexity index is 865. The molecule has 0 aliphatic heterocycles. The first kappa shape index (κ1) is 21.6. The van der Waals surface area contributed by atoms with Crippen LogP contribution >= 0.6 is 11.6 Å². The summed E-state index contributed by atoms with van der Waals surface area (Å²) < 4.78 is 54.3. The van der Waals surface area contributed by atoms with Crippen LogP contribution in [0.3, 0.4) is 0 Å². The number of halogens is 4. The van der Waals surface area contributed by atoms with E-state index < -0.39 is 17.7 Å². The first-order valence-corrected chi connectivity index (χ1v) is 8.30. The van der Waals surface area contributed by atoms with E-state index in [0.717, 1.165) is 24.3 Å². The van der Waals surface area contributed by atoms with Gasteiger partial charge in [-0.1, -0.05) is 11.6 Å². The Labute approximate surface area is 163 Å². The molecule has 2 aromatic rings. The van der Waals surface area contributed by atoms with Crippen molar-refractivity contribution in [2.45, 2.75) is 6.18 Å². The number of benzene rings is 2. The number of ether oxygens (including phenoxy) is 3. The van der Waals surface area contributed by atoms with Gasteiger partial charge in [0.05, 0.1) is 17.2 Å². The number of carbonyl (C=O) groups is 1. The molecule has 0 aromatic heterocycles. The van der Waals surface area contributed by atoms with Crippen molar-refractivity contribution in [3.05, 3.63) is 58.6 Å². The zero-order valence-electron chi connectivity index (χ0n) is 14.6. The number of hydrogen-bond donors (Lipinski definition) is 1. The average Bonchev–Trinajstić information content (AvgIpc) is 2.62. The van der Waals surface area contributed by atoms with E-state index >= 15 is 0 Å². The third-order valence-electron chi connectivity index (χ3n) is 3.43. The third-order valence-corrected chi connectivity index (χ3v) is 3.72. The maximum atomic E-state index is 12.8. The van der Waals surface area contributed by atoms with Gasteiger partial charge in [-0.05, 0) is 36.4 Å². The largest absolute Gasteiger partial charge is 0.491 e. The number of alkyl halides is 3. The summed E-state index contributed by atoms with van der Waals surface area (Å²) in [7, 11) is 1.52. The SMILES string of the molecule is COCCOc1ccc(C=CC(=O)O)c(Oc2ccc(C(F)(F)F)cc2Cl)c1. The quantitative estimate of drug-likeness (QED) is 0.469. The Balaban J connectivity index is 2.35. The van der Waals surface area contributed by atoms with Crippen molar-refractivity contribution in [3.63, 3.8) is 0 Å². The molecule has 2 rings (SSSR count). The van der Waals surface area contributed by atoms with Crippen LogP contribution in [0.1, 0.15) is 11.1 Å². The fourth-order valence-electron chi connectivity index (χ4n) is 2.11. The minimum absolute atomic E-state index is 0.0197. The molecule has 28 heavy (non-hydrogen) atoms. The Morgan fingerprint density at radius 3 is 2.50 bits per heavy atom. The molecule has 0 unspecified atom stereocenters. The van der Waals surface area contributed by atoms with Gasteiger partial charge >= 0.3 is 12.1 Å². The van der Waals surface area contributed by atoms with E-state index in [1.165, 1.54) is 19.3 Å². The Hall–Kier alpha value is -2.71. The molecule has 0 atom stereocenters. The summed E-state index contributed by atoms with van der Waals surface area (Å²) >= 11 is 5.92. The maximum absolute atomic E-state index is 12.8. The minimum atomic E-state index is -4.54. The standard InChI is InChI=1S/C19H16ClF3O5/c1-26-8-9-27-14-5-2-12(3-7-18(24)25)17(11-14)28-16-6-4-13(10-15(16)20)19(21,22)23/h2-7,10-11H,8-9H2,1H3,(H,24,25). The van der Waals surface area contributed by atoms with Gasteiger partial charge in [0.25, 0.3) is 0 Å². The average molecular weight is 417 g/mol. The molecule has 150 valence electrons. The molecular weight excluding hydrogens is 401 g/mol. The number of rotatable bonds is 8. The molecule has 0 saturated heterocycles. The van der Waals surface area contributed by atoms with E-state index in [1.54, 1.807) is 12.1 Å². The monoisotopic (exact) mass is 416 g/mol. The summed E-state index contributed by atoms with van der Waals surface area (Å²) in [6.45, 7) is 0.614. The van der Waals surface area contributed by atoms with Gasteiger partial charge in [0.1, 0.15) is 23.9 Å². The Morgan fingerprint density at radius 2 is 1.89 bits per heavy atom. The highest BCUT2D eigenvalue weighted by Gasteiger charge is 2.31. The molecule has 0 saturated carbocycles. The molecule has 0 radical (unpaired) electrons. The van der Waals surface area contributed by atoms with Crippen LogP contribution < -0.4 is 9.47 Å². The normalized spacial score (nSPS) is 11.6. The molecule has 0 amide bonds. The molecular formula is C19H16ClF3O5. The summed E-state index contributed by atoms with van der Waals surface area (Å²) in [6, 6.07) is 7.31. The number of carboxylic acids is 1. The van der Waals surface area contributed by atoms with Gasteiger partial charge < -0.3 is 19.3 Å². The summed E-state index contributed by atoms with van der Waals surface area (Å²) in [5.41, 5.74) is -0.537. The van der Waals surface area contributed by atoms with Crippen LogP contribution in [0, 0.1) is 0 Å². The second kappa shape index (κ2) is 9.48. The predicted molar refractivity (Wildman–Crippen MR) is 97.0 cm³/mol. The zero-order valence-corrected chi connectivity index (χ0v) is 15.4. The second-order valence-corrected chi connectivity index (χ2v) is 5.86. The second-order valence-electron chi connectivity index (χ2n) is 5.46. The molecule has 2 aromatic carbocycles. The van der Waals surface area contributed by atoms with Gasteiger partial charge in [-0.3, -0.25) is 0 Å². The van der Waals surface area contributed by atoms with Crippen LogP contribution in [0.2, 0.25) is 5.02 Å². The van der Waals surface area contributed by atoms with Crippen LogP contribution in [0.25, 0.3) is 6.08 Å². The van der Waals surface area contributed by atoms with Gasteiger partial charge in [-0.2, -0.15) is 13.2 Å². The van der Waals surface area contributed by atoms with E-state index in [0.29, 0.717) is 17.9 Å². The number of methoxy groups -OCH3 is 1. The first-order chi connectivity index (χ1) is 13.2. The van der Waals surface area contributed by atoms with Crippen molar-refractivity contribution in [2.75, 3.05) is 20.3 Å². The fourth-order valence-corrected chi connectivity index (χ4v) is 2.33. The molecule has 0 fully saturated rings. The topological polar surface area (TPSA) is 65.0 Å². The van der Waals surface area contributed by atoms with E-state index in [4.69, 9.17) is 30.9 Å². The highest BCUT2D eigenvalue weighted by molar-refractivity contribution is 6.32. The molecule has 0 spiro atoms. The van der Waals surface area contributed by atoms with Gasteiger partial charge in [0.2, 0.25) is 0 Å². The molecule has 0 aliphatic carbocycles. The smallest absolute Gasteiger partial charge is 0.416 e. The molecule has 9 heteroatoms. The Kier molecular flexibility index (Phi) is 7.31. The van der Waals surface area contributed by atoms with Crippen molar-refractivity contribution in [1.29, 1.82) is 0 Å². The van der Waals surface area contributed by atoms with E-state index in [9.17, 15) is 18.0 Å². The fraction of sp³-hybridized carbons (Fsp3) is 0.211. The lowest BCUT2D eigenvalue weighted by atomic mass is 10.1. The molecule has 0 aliphatic rings.